The van der Waals surface area contributed by atoms with Gasteiger partial charge in [-0.25, -0.2) is 0 Å². The maximum Gasteiger partial charge on any atom is 0.186 e. The minimum absolute atomic E-state index is 0.127. The van der Waals surface area contributed by atoms with E-state index in [1.807, 2.05) is 0 Å². The molecule has 0 aromatic heterocycles. The van der Waals surface area contributed by atoms with Crippen LogP contribution in [0.15, 0.2) is 0 Å². The second kappa shape index (κ2) is 4.88. The number of rotatable bonds is 4. The Hall–Kier alpha value is -0.200. The molecule has 1 aliphatic heterocycles. The summed E-state index contributed by atoms with van der Waals surface area (Å²) < 4.78 is 22.8. The van der Waals surface area contributed by atoms with Gasteiger partial charge in [0.2, 0.25) is 0 Å². The first kappa shape index (κ1) is 9.36. The quantitative estimate of drug-likeness (QED) is 0.606. The van der Waals surface area contributed by atoms with E-state index in [1.165, 1.54) is 14.2 Å². The van der Waals surface area contributed by atoms with E-state index in [0.29, 0.717) is 0 Å². The molecule has 1 fully saturated rings. The fourth-order valence-corrected chi connectivity index (χ4v) is 1.39. The Morgan fingerprint density at radius 2 is 2.15 bits per heavy atom. The van der Waals surface area contributed by atoms with Crippen molar-refractivity contribution < 1.29 is 25.8 Å². The number of ether oxygens (including phenoxy) is 3. The second-order valence-electron chi connectivity index (χ2n) is 2.79. The number of methoxy groups -OCH3 is 2. The Balaban J connectivity index is 2.76. The van der Waals surface area contributed by atoms with E-state index in [4.69, 9.17) is 20.7 Å². The highest BCUT2D eigenvalue weighted by atomic mass is 16.7. The largest absolute Gasteiger partial charge is 0.396 e. The number of hydrogen-bond donors (Lipinski definition) is 2. The van der Waals surface area contributed by atoms with Crippen molar-refractivity contribution in [1.82, 2.24) is 0 Å². The lowest BCUT2D eigenvalue weighted by Gasteiger charge is -2.16. The van der Waals surface area contributed by atoms with Crippen molar-refractivity contribution in [3.05, 3.63) is 0 Å². The van der Waals surface area contributed by atoms with Crippen LogP contribution in [0.5, 0.6) is 0 Å². The standard InChI is InChI=1S/C8H16O5/c1-11-7-5(3-4-9)13-8(12-2)6(7)10/h5-10H,3-4H2,1-2H3/t5-,6-,7+,8-/m1/s1/i7D. The van der Waals surface area contributed by atoms with Crippen LogP contribution in [-0.4, -0.2) is 55.6 Å². The summed E-state index contributed by atoms with van der Waals surface area (Å²) in [5, 5.41) is 18.4. The first-order valence-corrected chi connectivity index (χ1v) is 4.12. The van der Waals surface area contributed by atoms with E-state index < -0.39 is 24.6 Å². The summed E-state index contributed by atoms with van der Waals surface area (Å²) in [7, 11) is 2.70. The maximum atomic E-state index is 9.66. The zero-order valence-electron chi connectivity index (χ0n) is 8.77. The van der Waals surface area contributed by atoms with Crippen molar-refractivity contribution in [2.24, 2.45) is 0 Å². The highest BCUT2D eigenvalue weighted by Crippen LogP contribution is 2.25. The van der Waals surface area contributed by atoms with E-state index in [-0.39, 0.29) is 13.0 Å². The van der Waals surface area contributed by atoms with Crippen LogP contribution in [0.2, 0.25) is 0 Å². The van der Waals surface area contributed by atoms with E-state index >= 15 is 0 Å². The van der Waals surface area contributed by atoms with Crippen LogP contribution < -0.4 is 0 Å². The van der Waals surface area contributed by atoms with Gasteiger partial charge in [0.25, 0.3) is 0 Å². The number of hydrogen-bond acceptors (Lipinski definition) is 5. The van der Waals surface area contributed by atoms with E-state index in [2.05, 4.69) is 0 Å². The number of aliphatic hydroxyl groups excluding tert-OH is 2. The lowest BCUT2D eigenvalue weighted by atomic mass is 10.1. The summed E-state index contributed by atoms with van der Waals surface area (Å²) in [5.74, 6) is 0. The van der Waals surface area contributed by atoms with Crippen LogP contribution in [0.1, 0.15) is 7.79 Å². The molecule has 0 aromatic rings. The normalized spacial score (nSPS) is 46.5. The average molecular weight is 193 g/mol. The lowest BCUT2D eigenvalue weighted by Crippen LogP contribution is -2.35. The molecule has 1 heterocycles. The van der Waals surface area contributed by atoms with Crippen molar-refractivity contribution in [2.75, 3.05) is 20.8 Å². The van der Waals surface area contributed by atoms with E-state index in [0.717, 1.165) is 0 Å². The fraction of sp³-hybridized carbons (Fsp3) is 1.00. The van der Waals surface area contributed by atoms with Gasteiger partial charge >= 0.3 is 0 Å². The van der Waals surface area contributed by atoms with Gasteiger partial charge in [0.05, 0.1) is 7.47 Å². The molecule has 78 valence electrons. The Morgan fingerprint density at radius 3 is 2.62 bits per heavy atom. The minimum Gasteiger partial charge on any atom is -0.396 e. The number of aliphatic hydroxyl groups is 2. The predicted molar refractivity (Wildman–Crippen MR) is 44.2 cm³/mol. The lowest BCUT2D eigenvalue weighted by molar-refractivity contribution is -0.150. The molecule has 0 amide bonds. The molecule has 5 heteroatoms. The fourth-order valence-electron chi connectivity index (χ4n) is 1.39. The molecule has 5 nitrogen and oxygen atoms in total. The highest BCUT2D eigenvalue weighted by molar-refractivity contribution is 4.87. The Bertz CT molecular complexity index is 191. The van der Waals surface area contributed by atoms with Gasteiger partial charge in [-0.05, 0) is 6.42 Å². The van der Waals surface area contributed by atoms with Crippen molar-refractivity contribution in [2.45, 2.75) is 31.0 Å². The van der Waals surface area contributed by atoms with Crippen molar-refractivity contribution >= 4 is 0 Å². The first-order valence-electron chi connectivity index (χ1n) is 4.62. The zero-order chi connectivity index (χ0) is 10.8. The molecule has 1 saturated heterocycles. The molecule has 1 rings (SSSR count). The smallest absolute Gasteiger partial charge is 0.186 e. The third-order valence-electron chi connectivity index (χ3n) is 2.02. The molecular weight excluding hydrogens is 176 g/mol. The van der Waals surface area contributed by atoms with E-state index in [9.17, 15) is 5.11 Å². The average Bonchev–Trinajstić information content (AvgIpc) is 2.44. The maximum absolute atomic E-state index is 9.66. The summed E-state index contributed by atoms with van der Waals surface area (Å²) in [5.41, 5.74) is 0. The molecular formula is C8H16O5. The van der Waals surface area contributed by atoms with Crippen LogP contribution in [-0.2, 0) is 14.2 Å². The minimum atomic E-state index is -1.57. The van der Waals surface area contributed by atoms with Gasteiger partial charge in [0.1, 0.15) is 12.2 Å². The molecule has 13 heavy (non-hydrogen) atoms. The summed E-state index contributed by atoms with van der Waals surface area (Å²) in [6.45, 7) is -0.127. The van der Waals surface area contributed by atoms with Crippen LogP contribution in [0.4, 0.5) is 0 Å². The van der Waals surface area contributed by atoms with Gasteiger partial charge in [-0.3, -0.25) is 0 Å². The Kier molecular flexibility index (Phi) is 3.51. The first-order chi connectivity index (χ1) is 6.60. The molecule has 0 saturated carbocycles. The van der Waals surface area contributed by atoms with Gasteiger partial charge in [0, 0.05) is 20.8 Å². The van der Waals surface area contributed by atoms with Crippen molar-refractivity contribution in [3.8, 4) is 0 Å². The van der Waals surface area contributed by atoms with Crippen LogP contribution >= 0.6 is 0 Å². The van der Waals surface area contributed by atoms with Gasteiger partial charge in [-0.2, -0.15) is 0 Å². The van der Waals surface area contributed by atoms with Crippen LogP contribution in [0, 0.1) is 0 Å². The predicted octanol–water partition coefficient (Wildman–Crippen LogP) is -0.884. The third kappa shape index (κ3) is 2.18. The van der Waals surface area contributed by atoms with Crippen LogP contribution in [0.3, 0.4) is 0 Å². The topological polar surface area (TPSA) is 68.2 Å². The SMILES string of the molecule is [2H][C@]1(OC)[C@@H](CCO)O[C@@H](OC)[C@@H]1O. The molecule has 0 unspecified atom stereocenters. The monoisotopic (exact) mass is 193 g/mol. The summed E-state index contributed by atoms with van der Waals surface area (Å²) >= 11 is 0. The molecule has 4 atom stereocenters. The molecule has 0 radical (unpaired) electrons. The molecule has 0 aromatic carbocycles. The third-order valence-corrected chi connectivity index (χ3v) is 2.02. The van der Waals surface area contributed by atoms with Crippen molar-refractivity contribution in [1.29, 1.82) is 0 Å². The van der Waals surface area contributed by atoms with E-state index in [1.54, 1.807) is 0 Å². The molecule has 0 spiro atoms. The summed E-state index contributed by atoms with van der Waals surface area (Å²) in [6.07, 6.45) is -4.06. The summed E-state index contributed by atoms with van der Waals surface area (Å²) in [4.78, 5) is 0. The molecule has 0 aliphatic carbocycles. The van der Waals surface area contributed by atoms with Gasteiger partial charge in [0.15, 0.2) is 6.29 Å². The Labute approximate surface area is 78.6 Å². The molecule has 0 bridgehead atoms. The second-order valence-corrected chi connectivity index (χ2v) is 2.79. The van der Waals surface area contributed by atoms with Gasteiger partial charge in [-0.15, -0.1) is 0 Å². The molecule has 2 N–H and O–H groups in total. The van der Waals surface area contributed by atoms with Gasteiger partial charge < -0.3 is 24.4 Å². The Morgan fingerprint density at radius 1 is 1.46 bits per heavy atom. The van der Waals surface area contributed by atoms with Crippen LogP contribution in [0.25, 0.3) is 0 Å². The van der Waals surface area contributed by atoms with Gasteiger partial charge in [-0.1, -0.05) is 0 Å². The zero-order valence-corrected chi connectivity index (χ0v) is 7.77. The highest BCUT2D eigenvalue weighted by Gasteiger charge is 2.43. The van der Waals surface area contributed by atoms with Crippen molar-refractivity contribution in [3.63, 3.8) is 0 Å². The molecule has 1 aliphatic rings. The summed E-state index contributed by atoms with van der Waals surface area (Å²) in [6, 6.07) is 0.